The highest BCUT2D eigenvalue weighted by atomic mass is 16.7. The Morgan fingerprint density at radius 3 is 2.48 bits per heavy atom. The maximum absolute atomic E-state index is 14.5. The number of oxime groups is 1. The zero-order chi connectivity index (χ0) is 39.2. The molecule has 0 saturated carbocycles. The Morgan fingerprint density at radius 1 is 1.04 bits per heavy atom. The van der Waals surface area contributed by atoms with Crippen LogP contribution in [0.5, 0.6) is 0 Å². The van der Waals surface area contributed by atoms with E-state index in [1.54, 1.807) is 13.2 Å². The minimum atomic E-state index is -1.74. The van der Waals surface area contributed by atoms with Gasteiger partial charge in [-0.3, -0.25) is 4.79 Å². The second-order valence-corrected chi connectivity index (χ2v) is 17.4. The van der Waals surface area contributed by atoms with Gasteiger partial charge in [-0.1, -0.05) is 77.1 Å². The van der Waals surface area contributed by atoms with Crippen molar-refractivity contribution in [2.75, 3.05) is 20.8 Å². The van der Waals surface area contributed by atoms with Gasteiger partial charge in [-0.2, -0.15) is 0 Å². The van der Waals surface area contributed by atoms with Crippen LogP contribution >= 0.6 is 0 Å². The van der Waals surface area contributed by atoms with E-state index in [0.29, 0.717) is 61.6 Å². The van der Waals surface area contributed by atoms with E-state index in [2.05, 4.69) is 72.7 Å². The van der Waals surface area contributed by atoms with Gasteiger partial charge < -0.3 is 43.1 Å². The summed E-state index contributed by atoms with van der Waals surface area (Å²) in [5.41, 5.74) is 0.965. The lowest BCUT2D eigenvalue weighted by atomic mass is 9.70. The van der Waals surface area contributed by atoms with Crippen LogP contribution in [0.25, 0.3) is 0 Å². The molecule has 0 aromatic rings. The molecular formula is C43H65NO10. The van der Waals surface area contributed by atoms with Gasteiger partial charge in [0.2, 0.25) is 0 Å². The first-order chi connectivity index (χ1) is 25.6. The van der Waals surface area contributed by atoms with Crippen molar-refractivity contribution in [3.8, 4) is 0 Å². The highest BCUT2D eigenvalue weighted by molar-refractivity contribution is 6.07. The Hall–Kier alpha value is -2.38. The van der Waals surface area contributed by atoms with Gasteiger partial charge in [-0.15, -0.1) is 0 Å². The lowest BCUT2D eigenvalue weighted by Crippen LogP contribution is -2.58. The van der Waals surface area contributed by atoms with Crippen molar-refractivity contribution in [2.45, 2.75) is 161 Å². The van der Waals surface area contributed by atoms with Gasteiger partial charge in [0, 0.05) is 44.1 Å². The van der Waals surface area contributed by atoms with Crippen molar-refractivity contribution in [3.05, 3.63) is 47.1 Å². The molecule has 4 saturated heterocycles. The van der Waals surface area contributed by atoms with Crippen molar-refractivity contribution < 1.29 is 47.9 Å². The summed E-state index contributed by atoms with van der Waals surface area (Å²) >= 11 is 0. The third kappa shape index (κ3) is 7.80. The molecule has 0 radical (unpaired) electrons. The van der Waals surface area contributed by atoms with Gasteiger partial charge in [-0.05, 0) is 62.2 Å². The van der Waals surface area contributed by atoms with Gasteiger partial charge in [0.25, 0.3) is 0 Å². The van der Waals surface area contributed by atoms with Gasteiger partial charge in [0.1, 0.15) is 36.5 Å². The quantitative estimate of drug-likeness (QED) is 0.179. The number of carbonyl (C=O) groups is 1. The molecule has 54 heavy (non-hydrogen) atoms. The number of carbonyl (C=O) groups excluding carboxylic acids is 1. The molecule has 5 aliphatic heterocycles. The number of hydrogen-bond acceptors (Lipinski definition) is 11. The number of nitrogens with zero attached hydrogens (tertiary/aromatic N) is 1. The molecule has 302 valence electrons. The van der Waals surface area contributed by atoms with Crippen LogP contribution in [0.3, 0.4) is 0 Å². The molecule has 14 unspecified atom stereocenters. The van der Waals surface area contributed by atoms with E-state index in [1.807, 2.05) is 19.1 Å². The molecule has 4 fully saturated rings. The van der Waals surface area contributed by atoms with Crippen molar-refractivity contribution in [2.24, 2.45) is 34.2 Å². The lowest BCUT2D eigenvalue weighted by Gasteiger charge is -2.51. The maximum Gasteiger partial charge on any atom is 0.316 e. The second-order valence-electron chi connectivity index (χ2n) is 17.4. The number of rotatable bonds is 5. The van der Waals surface area contributed by atoms with E-state index >= 15 is 0 Å². The summed E-state index contributed by atoms with van der Waals surface area (Å²) in [6.07, 6.45) is 10.6. The van der Waals surface area contributed by atoms with E-state index in [0.717, 1.165) is 11.1 Å². The summed E-state index contributed by atoms with van der Waals surface area (Å²) in [6.45, 7) is 19.3. The van der Waals surface area contributed by atoms with Crippen LogP contribution < -0.4 is 0 Å². The summed E-state index contributed by atoms with van der Waals surface area (Å²) in [5.74, 6) is -1.81. The fourth-order valence-corrected chi connectivity index (χ4v) is 9.56. The first-order valence-electron chi connectivity index (χ1n) is 20.2. The second kappa shape index (κ2) is 16.2. The predicted molar refractivity (Wildman–Crippen MR) is 204 cm³/mol. The molecule has 6 rings (SSSR count). The molecule has 1 spiro atoms. The van der Waals surface area contributed by atoms with Crippen LogP contribution in [0, 0.1) is 29.1 Å². The Morgan fingerprint density at radius 2 is 1.80 bits per heavy atom. The molecule has 11 nitrogen and oxygen atoms in total. The van der Waals surface area contributed by atoms with Gasteiger partial charge in [0.05, 0.1) is 37.1 Å². The molecule has 2 bridgehead atoms. The first-order valence-corrected chi connectivity index (χ1v) is 20.2. The first kappa shape index (κ1) is 41.3. The molecule has 1 N–H and O–H groups in total. The summed E-state index contributed by atoms with van der Waals surface area (Å²) < 4.78 is 45.6. The van der Waals surface area contributed by atoms with Gasteiger partial charge in [0.15, 0.2) is 12.1 Å². The zero-order valence-electron chi connectivity index (χ0n) is 34.3. The van der Waals surface area contributed by atoms with E-state index in [-0.39, 0.29) is 48.5 Å². The molecule has 6 aliphatic rings. The average Bonchev–Trinajstić information content (AvgIpc) is 3.45. The summed E-state index contributed by atoms with van der Waals surface area (Å²) in [5, 5.41) is 17.0. The molecule has 1 aliphatic carbocycles. The number of ether oxygens (including phenoxy) is 7. The minimum absolute atomic E-state index is 0.0277. The van der Waals surface area contributed by atoms with Gasteiger partial charge in [-0.25, -0.2) is 0 Å². The van der Waals surface area contributed by atoms with E-state index in [1.165, 1.54) is 7.11 Å². The van der Waals surface area contributed by atoms with Crippen LogP contribution in [0.15, 0.2) is 52.3 Å². The topological polar surface area (TPSA) is 124 Å². The number of methoxy groups -OCH3 is 1. The Bertz CT molecular complexity index is 1520. The molecule has 11 heteroatoms. The third-order valence-corrected chi connectivity index (χ3v) is 13.5. The average molecular weight is 756 g/mol. The van der Waals surface area contributed by atoms with Crippen molar-refractivity contribution in [1.82, 2.24) is 0 Å². The lowest BCUT2D eigenvalue weighted by molar-refractivity contribution is -0.340. The maximum atomic E-state index is 14.5. The standard InChI is InChI=1S/C43H65NO10/c1-12-30-18-34-40(45)51-33-19-32(54-42(22-33)21-26(4)27(5)28(6)53-42)17-16-25(3)38(52-36-20-35(47-10)41(8,9)29(7)50-36)24(2)14-13-15-31-23-49-39(43(31,34)46)37(30)44-48-11/h13-16,18,24,26-29,32-36,38-39,46H,12,17,19-23H2,1-11H3/b14-13+,25-16+,31-15+,44-37-. The van der Waals surface area contributed by atoms with Crippen LogP contribution in [0.1, 0.15) is 101 Å². The van der Waals surface area contributed by atoms with Crippen molar-refractivity contribution in [3.63, 3.8) is 0 Å². The third-order valence-electron chi connectivity index (χ3n) is 13.5. The highest BCUT2D eigenvalue weighted by Crippen LogP contribution is 2.48. The Balaban J connectivity index is 1.41. The van der Waals surface area contributed by atoms with Crippen LogP contribution in [-0.4, -0.2) is 98.0 Å². The van der Waals surface area contributed by atoms with Crippen molar-refractivity contribution >= 4 is 11.7 Å². The number of fused-ring (bicyclic) bond motifs is 2. The number of aliphatic hydroxyl groups is 1. The smallest absolute Gasteiger partial charge is 0.316 e. The van der Waals surface area contributed by atoms with Crippen LogP contribution in [0.4, 0.5) is 0 Å². The molecule has 0 amide bonds. The fraction of sp³-hybridized carbons (Fsp3) is 0.767. The Kier molecular flexibility index (Phi) is 12.4. The van der Waals surface area contributed by atoms with E-state index in [4.69, 9.17) is 38.0 Å². The molecule has 0 aromatic heterocycles. The number of hydrogen-bond donors (Lipinski definition) is 1. The van der Waals surface area contributed by atoms with Gasteiger partial charge >= 0.3 is 5.97 Å². The van der Waals surface area contributed by atoms with Crippen molar-refractivity contribution in [1.29, 1.82) is 0 Å². The van der Waals surface area contributed by atoms with E-state index in [9.17, 15) is 9.90 Å². The molecular weight excluding hydrogens is 690 g/mol. The molecule has 5 heterocycles. The predicted octanol–water partition coefficient (Wildman–Crippen LogP) is 6.98. The SMILES string of the molecule is CCC1=CC2C(=O)OC3CC(C/C=C(\C)C(OC4CC(OC)C(C)(C)C(C)O4)C(C)/C=C/C=C4\COC(/C1=N\OC)C42O)OC1(C3)CC(C)C(C)C(C)O1. The van der Waals surface area contributed by atoms with E-state index < -0.39 is 41.8 Å². The monoisotopic (exact) mass is 755 g/mol. The minimum Gasteiger partial charge on any atom is -0.462 e. The Labute approximate surface area is 322 Å². The summed E-state index contributed by atoms with van der Waals surface area (Å²) in [6, 6.07) is 0. The molecule has 0 aromatic carbocycles. The number of allylic oxidation sites excluding steroid dienone is 2. The summed E-state index contributed by atoms with van der Waals surface area (Å²) in [4.78, 5) is 19.7. The largest absolute Gasteiger partial charge is 0.462 e. The summed E-state index contributed by atoms with van der Waals surface area (Å²) in [7, 11) is 3.22. The van der Waals surface area contributed by atoms with Crippen LogP contribution in [-0.2, 0) is 42.8 Å². The highest BCUT2D eigenvalue weighted by Gasteiger charge is 2.60. The zero-order valence-corrected chi connectivity index (χ0v) is 34.3. The normalized spacial score (nSPS) is 47.4. The van der Waals surface area contributed by atoms with Crippen LogP contribution in [0.2, 0.25) is 0 Å². The fourth-order valence-electron chi connectivity index (χ4n) is 9.56. The number of esters is 1. The molecule has 14 atom stereocenters.